The van der Waals surface area contributed by atoms with Gasteiger partial charge in [-0.25, -0.2) is 0 Å². The minimum atomic E-state index is 0.717. The van der Waals surface area contributed by atoms with Crippen molar-refractivity contribution in [1.82, 2.24) is 15.0 Å². The Balaban J connectivity index is 1.34. The Bertz CT molecular complexity index is 2970. The third kappa shape index (κ3) is 5.84. The molecule has 9 heteroatoms. The van der Waals surface area contributed by atoms with Crippen LogP contribution in [0.2, 0.25) is 0 Å². The van der Waals surface area contributed by atoms with Gasteiger partial charge in [0, 0.05) is 70.6 Å². The molecule has 0 fully saturated rings. The monoisotopic (exact) mass is 852 g/mol. The lowest BCUT2D eigenvalue weighted by atomic mass is 9.84. The average Bonchev–Trinajstić information content (AvgIpc) is 3.39. The number of ether oxygens (including phenoxy) is 3. The number of para-hydroxylation sites is 12. The van der Waals surface area contributed by atoms with Crippen LogP contribution in [0, 0.1) is 0 Å². The van der Waals surface area contributed by atoms with E-state index in [1.807, 2.05) is 128 Å². The van der Waals surface area contributed by atoms with Crippen LogP contribution in [0.15, 0.2) is 219 Å². The van der Waals surface area contributed by atoms with E-state index in [0.717, 1.165) is 84.6 Å². The topological polar surface area (TPSA) is 76.1 Å². The summed E-state index contributed by atoms with van der Waals surface area (Å²) in [6.45, 7) is 0. The van der Waals surface area contributed by atoms with Crippen LogP contribution in [0.25, 0.3) is 33.4 Å². The Morgan fingerprint density at radius 2 is 0.485 bits per heavy atom. The molecule has 0 unspecified atom stereocenters. The summed E-state index contributed by atoms with van der Waals surface area (Å²) in [5, 5.41) is 0. The van der Waals surface area contributed by atoms with Crippen molar-refractivity contribution >= 4 is 51.2 Å². The number of fused-ring (bicyclic) bond motifs is 6. The molecule has 0 spiro atoms. The number of hydrogen-bond acceptors (Lipinski definition) is 9. The zero-order chi connectivity index (χ0) is 43.6. The van der Waals surface area contributed by atoms with Crippen LogP contribution in [-0.4, -0.2) is 15.0 Å². The van der Waals surface area contributed by atoms with E-state index in [4.69, 9.17) is 29.2 Å². The van der Waals surface area contributed by atoms with Crippen LogP contribution < -0.4 is 28.9 Å². The van der Waals surface area contributed by atoms with Gasteiger partial charge in [-0.3, -0.25) is 15.0 Å². The van der Waals surface area contributed by atoms with E-state index >= 15 is 0 Å². The molecular formula is C57H36N6O3. The second kappa shape index (κ2) is 15.3. The first kappa shape index (κ1) is 37.4. The molecule has 66 heavy (non-hydrogen) atoms. The van der Waals surface area contributed by atoms with Gasteiger partial charge < -0.3 is 28.9 Å². The summed E-state index contributed by atoms with van der Waals surface area (Å²) in [7, 11) is 0. The van der Waals surface area contributed by atoms with Crippen molar-refractivity contribution in [3.8, 4) is 67.9 Å². The summed E-state index contributed by atoms with van der Waals surface area (Å²) in [5.41, 5.74) is 13.2. The second-order valence-corrected chi connectivity index (χ2v) is 16.0. The van der Waals surface area contributed by atoms with Crippen molar-refractivity contribution in [2.45, 2.75) is 0 Å². The Morgan fingerprint density at radius 3 is 0.697 bits per heavy atom. The Hall–Kier alpha value is -9.21. The zero-order valence-corrected chi connectivity index (χ0v) is 35.2. The van der Waals surface area contributed by atoms with Crippen molar-refractivity contribution < 1.29 is 14.2 Å². The average molecular weight is 853 g/mol. The number of pyridine rings is 3. The summed E-state index contributed by atoms with van der Waals surface area (Å²) in [4.78, 5) is 21.6. The highest BCUT2D eigenvalue weighted by Gasteiger charge is 2.42. The van der Waals surface area contributed by atoms with Gasteiger partial charge in [-0.2, -0.15) is 0 Å². The van der Waals surface area contributed by atoms with Gasteiger partial charge in [0.25, 0.3) is 0 Å². The fraction of sp³-hybridized carbons (Fsp3) is 0. The van der Waals surface area contributed by atoms with Gasteiger partial charge >= 0.3 is 0 Å². The highest BCUT2D eigenvalue weighted by Crippen LogP contribution is 2.67. The van der Waals surface area contributed by atoms with E-state index in [0.29, 0.717) is 34.5 Å². The Kier molecular flexibility index (Phi) is 8.63. The summed E-state index contributed by atoms with van der Waals surface area (Å²) in [6, 6.07) is 61.8. The fourth-order valence-corrected chi connectivity index (χ4v) is 9.57. The van der Waals surface area contributed by atoms with E-state index in [9.17, 15) is 0 Å². The van der Waals surface area contributed by atoms with Crippen molar-refractivity contribution in [2.24, 2.45) is 0 Å². The number of rotatable bonds is 6. The number of benzene rings is 7. The van der Waals surface area contributed by atoms with Gasteiger partial charge in [0.15, 0.2) is 34.5 Å². The molecule has 13 rings (SSSR count). The maximum Gasteiger partial charge on any atom is 0.151 e. The molecule has 10 aromatic rings. The quantitative estimate of drug-likeness (QED) is 0.162. The first-order valence-corrected chi connectivity index (χ1v) is 21.7. The normalized spacial score (nSPS) is 12.8. The summed E-state index contributed by atoms with van der Waals surface area (Å²) in [5.74, 6) is 4.30. The molecule has 0 amide bonds. The van der Waals surface area contributed by atoms with Crippen molar-refractivity contribution in [3.63, 3.8) is 0 Å². The standard InChI is InChI=1S/C57H36N6O3/c1-7-25-46-40(19-1)61(41-20-2-8-26-47(41)64-46)55-52(37-16-13-31-58-34-37)56(62-42-21-3-9-27-48(42)65-49-28-10-4-22-43(49)62)54(39-18-15-33-60-36-39)57(53(55)38-17-14-32-59-35-38)63-44-23-5-11-29-50(44)66-51-30-12-6-24-45(51)63/h1-36H. The number of hydrogen-bond donors (Lipinski definition) is 0. The van der Waals surface area contributed by atoms with Gasteiger partial charge in [-0.15, -0.1) is 0 Å². The molecule has 0 N–H and O–H groups in total. The third-order valence-corrected chi connectivity index (χ3v) is 12.2. The van der Waals surface area contributed by atoms with Crippen molar-refractivity contribution in [1.29, 1.82) is 0 Å². The van der Waals surface area contributed by atoms with Gasteiger partial charge in [0.05, 0.1) is 51.2 Å². The van der Waals surface area contributed by atoms with E-state index in [2.05, 4.69) is 106 Å². The van der Waals surface area contributed by atoms with E-state index in [1.54, 1.807) is 0 Å². The maximum atomic E-state index is 6.76. The number of anilines is 9. The van der Waals surface area contributed by atoms with Crippen LogP contribution in [0.4, 0.5) is 51.2 Å². The van der Waals surface area contributed by atoms with E-state index < -0.39 is 0 Å². The molecule has 9 nitrogen and oxygen atoms in total. The predicted octanol–water partition coefficient (Wildman–Crippen LogP) is 15.6. The molecule has 0 radical (unpaired) electrons. The smallest absolute Gasteiger partial charge is 0.151 e. The molecule has 6 heterocycles. The van der Waals surface area contributed by atoms with Gasteiger partial charge in [0.2, 0.25) is 0 Å². The molecule has 0 aliphatic carbocycles. The highest BCUT2D eigenvalue weighted by molar-refractivity contribution is 6.19. The van der Waals surface area contributed by atoms with Crippen LogP contribution in [-0.2, 0) is 0 Å². The van der Waals surface area contributed by atoms with Crippen LogP contribution in [0.5, 0.6) is 34.5 Å². The van der Waals surface area contributed by atoms with Crippen molar-refractivity contribution in [2.75, 3.05) is 14.7 Å². The third-order valence-electron chi connectivity index (χ3n) is 12.2. The molecule has 0 bridgehead atoms. The summed E-state index contributed by atoms with van der Waals surface area (Å²) < 4.78 is 20.3. The Morgan fingerprint density at radius 1 is 0.258 bits per heavy atom. The first-order chi connectivity index (χ1) is 32.8. The molecule has 3 aliphatic heterocycles. The summed E-state index contributed by atoms with van der Waals surface area (Å²) in [6.07, 6.45) is 11.3. The molecule has 7 aromatic carbocycles. The Labute approximate surface area is 380 Å². The van der Waals surface area contributed by atoms with Crippen LogP contribution in [0.1, 0.15) is 0 Å². The molecular weight excluding hydrogens is 817 g/mol. The largest absolute Gasteiger partial charge is 0.453 e. The zero-order valence-electron chi connectivity index (χ0n) is 35.2. The first-order valence-electron chi connectivity index (χ1n) is 21.7. The molecule has 3 aromatic heterocycles. The van der Waals surface area contributed by atoms with Crippen molar-refractivity contribution in [3.05, 3.63) is 219 Å². The molecule has 0 saturated carbocycles. The number of aromatic nitrogens is 3. The highest BCUT2D eigenvalue weighted by atomic mass is 16.5. The maximum absolute atomic E-state index is 6.76. The predicted molar refractivity (Wildman–Crippen MR) is 260 cm³/mol. The molecule has 312 valence electrons. The summed E-state index contributed by atoms with van der Waals surface area (Å²) >= 11 is 0. The molecule has 3 aliphatic rings. The lowest BCUT2D eigenvalue weighted by Gasteiger charge is -2.43. The van der Waals surface area contributed by atoms with Crippen LogP contribution >= 0.6 is 0 Å². The van der Waals surface area contributed by atoms with Crippen LogP contribution in [0.3, 0.4) is 0 Å². The molecule has 0 atom stereocenters. The second-order valence-electron chi connectivity index (χ2n) is 16.0. The molecule has 0 saturated heterocycles. The van der Waals surface area contributed by atoms with Gasteiger partial charge in [-0.1, -0.05) is 91.0 Å². The van der Waals surface area contributed by atoms with Gasteiger partial charge in [-0.05, 0) is 91.0 Å². The minimum absolute atomic E-state index is 0.717. The fourth-order valence-electron chi connectivity index (χ4n) is 9.57. The lowest BCUT2D eigenvalue weighted by molar-refractivity contribution is 0.477. The minimum Gasteiger partial charge on any atom is -0.453 e. The SMILES string of the molecule is c1cncc(-c2c(N3c4ccccc4Oc4ccccc43)c(-c3cccnc3)c(N3c4ccccc4Oc4ccccc43)c(-c3cccnc3)c2N2c3ccccc3Oc3ccccc32)c1. The lowest BCUT2D eigenvalue weighted by Crippen LogP contribution is -2.24. The number of nitrogens with zero attached hydrogens (tertiary/aromatic N) is 6. The van der Waals surface area contributed by atoms with Gasteiger partial charge in [0.1, 0.15) is 0 Å². The van der Waals surface area contributed by atoms with E-state index in [-0.39, 0.29) is 0 Å². The van der Waals surface area contributed by atoms with E-state index in [1.165, 1.54) is 0 Å².